The van der Waals surface area contributed by atoms with Crippen LogP contribution >= 0.6 is 0 Å². The summed E-state index contributed by atoms with van der Waals surface area (Å²) in [6.45, 7) is 24.0. The third-order valence-electron chi connectivity index (χ3n) is 15.2. The molecule has 352 valence electrons. The van der Waals surface area contributed by atoms with Crippen LogP contribution in [0.2, 0.25) is 0 Å². The molecule has 0 unspecified atom stereocenters. The maximum absolute atomic E-state index is 4.77. The van der Waals surface area contributed by atoms with Crippen molar-refractivity contribution in [2.24, 2.45) is 0 Å². The van der Waals surface area contributed by atoms with Gasteiger partial charge < -0.3 is 15.1 Å². The zero-order valence-corrected chi connectivity index (χ0v) is 42.6. The van der Waals surface area contributed by atoms with Crippen LogP contribution < -0.4 is 15.1 Å². The van der Waals surface area contributed by atoms with Gasteiger partial charge in [0, 0.05) is 63.1 Å². The Labute approximate surface area is 422 Å². The predicted molar refractivity (Wildman–Crippen MR) is 308 cm³/mol. The molecule has 0 saturated heterocycles. The number of nitrogens with one attached hydrogen (secondary N) is 1. The van der Waals surface area contributed by atoms with Gasteiger partial charge in [-0.2, -0.15) is 0 Å². The molecule has 0 spiro atoms. The third kappa shape index (κ3) is 8.54. The highest BCUT2D eigenvalue weighted by molar-refractivity contribution is 5.96. The van der Waals surface area contributed by atoms with E-state index < -0.39 is 10.8 Å². The number of hydrogen-bond acceptors (Lipinski definition) is 3. The molecule has 0 amide bonds. The fraction of sp³-hybridized carbons (Fsp3) is 0.176. The van der Waals surface area contributed by atoms with Crippen LogP contribution in [-0.2, 0) is 16.2 Å². The average Bonchev–Trinajstić information content (AvgIpc) is 3.39. The van der Waals surface area contributed by atoms with Crippen molar-refractivity contribution in [2.45, 2.75) is 71.6 Å². The Morgan fingerprint density at radius 1 is 0.563 bits per heavy atom. The van der Waals surface area contributed by atoms with E-state index >= 15 is 0 Å². The van der Waals surface area contributed by atoms with Gasteiger partial charge in [-0.3, -0.25) is 0 Å². The standard InChI is InChI=1S/C66H59N3.C2H6/c1-45-20-18-28-53-44-68-62-58(64(45,2)3)40-52(49(32-31-46-21-10-8-11-22-46)27-19-37-67-54-29-12-9-13-30-54)41-59(62)66(6,7)61-43-57(42-60(63(61)68)65(53,4)5)69(55-35-33-47-23-14-16-25-50(47)38-55)56-36-34-48-24-15-17-26-51(48)39-56;1-2/h8-43,67H,1,44H2,2-7H3;1-2H3/b20-18-,32-31-,37-19+,49-27+,53-28+;. The molecule has 0 aliphatic carbocycles. The normalized spacial score (nSPS) is 17.4. The summed E-state index contributed by atoms with van der Waals surface area (Å²) in [7, 11) is 0. The van der Waals surface area contributed by atoms with Crippen LogP contribution in [0.15, 0.2) is 230 Å². The quantitative estimate of drug-likeness (QED) is 0.146. The van der Waals surface area contributed by atoms with Gasteiger partial charge in [0.25, 0.3) is 0 Å². The maximum atomic E-state index is 4.77. The Morgan fingerprint density at radius 2 is 1.08 bits per heavy atom. The van der Waals surface area contributed by atoms with Crippen molar-refractivity contribution in [1.82, 2.24) is 0 Å². The number of rotatable bonds is 9. The lowest BCUT2D eigenvalue weighted by molar-refractivity contribution is 0.554. The highest BCUT2D eigenvalue weighted by Gasteiger charge is 2.48. The summed E-state index contributed by atoms with van der Waals surface area (Å²) in [6, 6.07) is 62.0. The molecule has 8 aromatic carbocycles. The molecular weight excluding hydrogens is 859 g/mol. The lowest BCUT2D eigenvalue weighted by Crippen LogP contribution is -2.44. The SMILES string of the molecule is C=C1/C=C\C=C2/CN3c4c(cc(C(/C=C\c5ccccc5)=C/C=C/Nc5ccccc5)cc4C(C)(C)c4cc(N(c5ccc6ccccc6c5)c5ccc6ccccc6c5)cc(c43)C2(C)C)C1(C)C.CC. The van der Waals surface area contributed by atoms with E-state index in [1.54, 1.807) is 0 Å². The maximum Gasteiger partial charge on any atom is 0.0498 e. The first-order chi connectivity index (χ1) is 34.4. The smallest absolute Gasteiger partial charge is 0.0498 e. The number of fused-ring (bicyclic) bond motifs is 3. The molecular formula is C68H65N3. The molecule has 3 heteroatoms. The van der Waals surface area contributed by atoms with E-state index in [2.05, 4.69) is 263 Å². The Kier molecular flexibility index (Phi) is 12.4. The summed E-state index contributed by atoms with van der Waals surface area (Å²) in [6.07, 6.45) is 17.7. The van der Waals surface area contributed by atoms with Crippen molar-refractivity contribution in [1.29, 1.82) is 0 Å². The summed E-state index contributed by atoms with van der Waals surface area (Å²) in [5, 5.41) is 8.36. The van der Waals surface area contributed by atoms with Gasteiger partial charge >= 0.3 is 0 Å². The minimum absolute atomic E-state index is 0.276. The van der Waals surface area contributed by atoms with Crippen LogP contribution in [0.25, 0.3) is 33.2 Å². The summed E-state index contributed by atoms with van der Waals surface area (Å²) in [4.78, 5) is 5.16. The van der Waals surface area contributed by atoms with Crippen LogP contribution in [-0.4, -0.2) is 6.54 Å². The van der Waals surface area contributed by atoms with Crippen LogP contribution in [0.1, 0.15) is 88.8 Å². The largest absolute Gasteiger partial charge is 0.362 e. The molecule has 0 saturated carbocycles. The Balaban J connectivity index is 0.00000287. The van der Waals surface area contributed by atoms with Gasteiger partial charge in [0.05, 0.1) is 0 Å². The number of para-hydroxylation sites is 1. The number of nitrogens with zero attached hydrogens (tertiary/aromatic N) is 2. The van der Waals surface area contributed by atoms with Crippen LogP contribution in [0.3, 0.4) is 0 Å². The van der Waals surface area contributed by atoms with Crippen molar-refractivity contribution in [3.05, 3.63) is 264 Å². The van der Waals surface area contributed by atoms with Crippen LogP contribution in [0.4, 0.5) is 34.1 Å². The van der Waals surface area contributed by atoms with Gasteiger partial charge in [0.15, 0.2) is 0 Å². The van der Waals surface area contributed by atoms with Gasteiger partial charge in [-0.15, -0.1) is 0 Å². The number of anilines is 6. The van der Waals surface area contributed by atoms with E-state index in [0.29, 0.717) is 0 Å². The molecule has 1 N–H and O–H groups in total. The Morgan fingerprint density at radius 3 is 1.69 bits per heavy atom. The Bertz CT molecular complexity index is 3410. The molecule has 3 aliphatic rings. The highest BCUT2D eigenvalue weighted by Crippen LogP contribution is 2.60. The zero-order valence-electron chi connectivity index (χ0n) is 42.6. The fourth-order valence-electron chi connectivity index (χ4n) is 10.8. The Hall–Kier alpha value is -7.88. The van der Waals surface area contributed by atoms with Crippen molar-refractivity contribution in [2.75, 3.05) is 21.7 Å². The minimum Gasteiger partial charge on any atom is -0.362 e. The molecule has 8 aromatic rings. The summed E-state index contributed by atoms with van der Waals surface area (Å²) in [5.74, 6) is 0. The van der Waals surface area contributed by atoms with E-state index in [1.165, 1.54) is 60.7 Å². The predicted octanol–water partition coefficient (Wildman–Crippen LogP) is 18.6. The molecule has 0 radical (unpaired) electrons. The monoisotopic (exact) mass is 924 g/mol. The molecule has 3 aliphatic heterocycles. The number of allylic oxidation sites excluding steroid dienone is 8. The second-order valence-corrected chi connectivity index (χ2v) is 20.5. The van der Waals surface area contributed by atoms with Gasteiger partial charge in [0.1, 0.15) is 0 Å². The van der Waals surface area contributed by atoms with Crippen molar-refractivity contribution in [3.8, 4) is 0 Å². The molecule has 71 heavy (non-hydrogen) atoms. The third-order valence-corrected chi connectivity index (χ3v) is 15.2. The molecule has 0 aromatic heterocycles. The van der Waals surface area contributed by atoms with Crippen LogP contribution in [0, 0.1) is 0 Å². The molecule has 3 heterocycles. The van der Waals surface area contributed by atoms with E-state index in [-0.39, 0.29) is 5.41 Å². The van der Waals surface area contributed by atoms with E-state index in [0.717, 1.165) is 51.6 Å². The topological polar surface area (TPSA) is 18.5 Å². The second kappa shape index (κ2) is 18.8. The van der Waals surface area contributed by atoms with E-state index in [1.807, 2.05) is 26.1 Å². The van der Waals surface area contributed by atoms with Gasteiger partial charge in [-0.05, 0) is 138 Å². The highest BCUT2D eigenvalue weighted by atomic mass is 15.2. The first-order valence-electron chi connectivity index (χ1n) is 25.3. The minimum atomic E-state index is -0.414. The van der Waals surface area contributed by atoms with Crippen molar-refractivity contribution < 1.29 is 0 Å². The van der Waals surface area contributed by atoms with E-state index in [4.69, 9.17) is 6.58 Å². The van der Waals surface area contributed by atoms with Gasteiger partial charge in [-0.1, -0.05) is 208 Å². The lowest BCUT2D eigenvalue weighted by atomic mass is 9.63. The molecule has 11 rings (SSSR count). The summed E-state index contributed by atoms with van der Waals surface area (Å²) >= 11 is 0. The molecule has 0 fully saturated rings. The average molecular weight is 924 g/mol. The molecule has 0 atom stereocenters. The zero-order chi connectivity index (χ0) is 49.5. The van der Waals surface area contributed by atoms with Gasteiger partial charge in [0.2, 0.25) is 0 Å². The second-order valence-electron chi connectivity index (χ2n) is 20.5. The number of benzene rings is 8. The molecule has 3 nitrogen and oxygen atoms in total. The van der Waals surface area contributed by atoms with Crippen molar-refractivity contribution in [3.63, 3.8) is 0 Å². The lowest BCUT2D eigenvalue weighted by Gasteiger charge is -2.52. The van der Waals surface area contributed by atoms with Crippen molar-refractivity contribution >= 4 is 67.3 Å². The first-order valence-corrected chi connectivity index (χ1v) is 25.3. The molecule has 2 bridgehead atoms. The van der Waals surface area contributed by atoms with E-state index in [9.17, 15) is 0 Å². The van der Waals surface area contributed by atoms with Gasteiger partial charge in [-0.25, -0.2) is 0 Å². The summed E-state index contributed by atoms with van der Waals surface area (Å²) in [5.41, 5.74) is 17.1. The fourth-order valence-corrected chi connectivity index (χ4v) is 10.8. The number of hydrogen-bond donors (Lipinski definition) is 1. The summed E-state index contributed by atoms with van der Waals surface area (Å²) < 4.78 is 0. The first kappa shape index (κ1) is 46.8. The van der Waals surface area contributed by atoms with Crippen LogP contribution in [0.5, 0.6) is 0 Å².